The highest BCUT2D eigenvalue weighted by molar-refractivity contribution is 9.10. The Labute approximate surface area is 124 Å². The molecule has 2 aromatic rings. The summed E-state index contributed by atoms with van der Waals surface area (Å²) in [6, 6.07) is 8.17. The number of rotatable bonds is 5. The van der Waals surface area contributed by atoms with Gasteiger partial charge in [-0.1, -0.05) is 15.9 Å². The van der Waals surface area contributed by atoms with Crippen LogP contribution in [0.4, 0.5) is 11.4 Å². The summed E-state index contributed by atoms with van der Waals surface area (Å²) >= 11 is 3.22. The fourth-order valence-corrected chi connectivity index (χ4v) is 2.07. The van der Waals surface area contributed by atoms with Gasteiger partial charge in [0.25, 0.3) is 5.69 Å². The third-order valence-corrected chi connectivity index (χ3v) is 3.02. The van der Waals surface area contributed by atoms with Crippen molar-refractivity contribution >= 4 is 27.3 Å². The molecule has 104 valence electrons. The number of nitrogens with zero attached hydrogens (tertiary/aromatic N) is 2. The third kappa shape index (κ3) is 3.67. The van der Waals surface area contributed by atoms with Crippen LogP contribution in [0.3, 0.4) is 0 Å². The molecule has 1 N–H and O–H groups in total. The summed E-state index contributed by atoms with van der Waals surface area (Å²) in [5.41, 5.74) is 1.64. The molecule has 0 saturated carbocycles. The van der Waals surface area contributed by atoms with Crippen LogP contribution in [0.5, 0.6) is 5.75 Å². The summed E-state index contributed by atoms with van der Waals surface area (Å²) in [4.78, 5) is 14.5. The van der Waals surface area contributed by atoms with Gasteiger partial charge in [0.05, 0.1) is 16.7 Å². The van der Waals surface area contributed by atoms with E-state index in [9.17, 15) is 10.1 Å². The highest BCUT2D eigenvalue weighted by atomic mass is 79.9. The zero-order valence-corrected chi connectivity index (χ0v) is 12.3. The first kappa shape index (κ1) is 14.3. The molecule has 0 spiro atoms. The number of halogens is 1. The Kier molecular flexibility index (Phi) is 4.52. The minimum absolute atomic E-state index is 0.0219. The van der Waals surface area contributed by atoms with Crippen molar-refractivity contribution in [2.75, 3.05) is 12.4 Å². The first-order valence-corrected chi connectivity index (χ1v) is 6.58. The van der Waals surface area contributed by atoms with Gasteiger partial charge in [0.1, 0.15) is 12.4 Å². The number of nitro benzene ring substituents is 1. The number of ether oxygens (including phenoxy) is 1. The number of non-ortho nitro benzene ring substituents is 1. The van der Waals surface area contributed by atoms with Gasteiger partial charge in [0.15, 0.2) is 0 Å². The molecule has 0 amide bonds. The lowest BCUT2D eigenvalue weighted by atomic mass is 10.3. The number of hydrogen-bond acceptors (Lipinski definition) is 5. The second-order valence-electron chi connectivity index (χ2n) is 3.98. The molecule has 2 rings (SSSR count). The van der Waals surface area contributed by atoms with E-state index in [1.54, 1.807) is 12.3 Å². The second kappa shape index (κ2) is 6.33. The SMILES string of the molecule is CNc1ccnc(COc2cc(Br)cc([N+](=O)[O-])c2)c1. The molecule has 0 atom stereocenters. The molecule has 0 unspecified atom stereocenters. The summed E-state index contributed by atoms with van der Waals surface area (Å²) < 4.78 is 6.13. The van der Waals surface area contributed by atoms with E-state index in [4.69, 9.17) is 4.74 Å². The standard InChI is InChI=1S/C13H12BrN3O3/c1-15-10-2-3-16-11(6-10)8-20-13-5-9(14)4-12(7-13)17(18)19/h2-7H,8H2,1H3,(H,15,16). The van der Waals surface area contributed by atoms with E-state index in [1.807, 2.05) is 19.2 Å². The van der Waals surface area contributed by atoms with E-state index >= 15 is 0 Å². The van der Waals surface area contributed by atoms with E-state index in [0.29, 0.717) is 10.2 Å². The van der Waals surface area contributed by atoms with Crippen LogP contribution in [0.25, 0.3) is 0 Å². The smallest absolute Gasteiger partial charge is 0.274 e. The number of aromatic nitrogens is 1. The second-order valence-corrected chi connectivity index (χ2v) is 4.89. The lowest BCUT2D eigenvalue weighted by molar-refractivity contribution is -0.385. The predicted molar refractivity (Wildman–Crippen MR) is 78.9 cm³/mol. The van der Waals surface area contributed by atoms with Crippen LogP contribution in [0.2, 0.25) is 0 Å². The molecule has 0 aliphatic carbocycles. The van der Waals surface area contributed by atoms with Crippen LogP contribution in [-0.4, -0.2) is 17.0 Å². The minimum Gasteiger partial charge on any atom is -0.487 e. The molecular formula is C13H12BrN3O3. The summed E-state index contributed by atoms with van der Waals surface area (Å²) in [5, 5.41) is 13.8. The van der Waals surface area contributed by atoms with Crippen LogP contribution in [0.1, 0.15) is 5.69 Å². The lowest BCUT2D eigenvalue weighted by Gasteiger charge is -2.07. The number of hydrogen-bond donors (Lipinski definition) is 1. The Morgan fingerprint density at radius 3 is 2.90 bits per heavy atom. The van der Waals surface area contributed by atoms with Crippen LogP contribution in [-0.2, 0) is 6.61 Å². The van der Waals surface area contributed by atoms with E-state index in [2.05, 4.69) is 26.2 Å². The molecule has 0 bridgehead atoms. The molecule has 6 nitrogen and oxygen atoms in total. The van der Waals surface area contributed by atoms with Crippen molar-refractivity contribution < 1.29 is 9.66 Å². The van der Waals surface area contributed by atoms with Crippen LogP contribution in [0, 0.1) is 10.1 Å². The fourth-order valence-electron chi connectivity index (χ4n) is 1.61. The Hall–Kier alpha value is -2.15. The van der Waals surface area contributed by atoms with Gasteiger partial charge in [-0.25, -0.2) is 0 Å². The van der Waals surface area contributed by atoms with Crippen molar-refractivity contribution in [1.82, 2.24) is 4.98 Å². The van der Waals surface area contributed by atoms with Gasteiger partial charge >= 0.3 is 0 Å². The molecule has 1 heterocycles. The van der Waals surface area contributed by atoms with Crippen molar-refractivity contribution in [3.05, 3.63) is 56.8 Å². The summed E-state index contributed by atoms with van der Waals surface area (Å²) in [5.74, 6) is 0.419. The largest absolute Gasteiger partial charge is 0.487 e. The maximum absolute atomic E-state index is 10.8. The Morgan fingerprint density at radius 2 is 2.20 bits per heavy atom. The highest BCUT2D eigenvalue weighted by Gasteiger charge is 2.09. The average Bonchev–Trinajstić information content (AvgIpc) is 2.44. The van der Waals surface area contributed by atoms with Gasteiger partial charge in [-0.2, -0.15) is 0 Å². The number of nitrogens with one attached hydrogen (secondary N) is 1. The van der Waals surface area contributed by atoms with Crippen molar-refractivity contribution in [1.29, 1.82) is 0 Å². The van der Waals surface area contributed by atoms with Gasteiger partial charge in [-0.3, -0.25) is 15.1 Å². The number of pyridine rings is 1. The Morgan fingerprint density at radius 1 is 1.40 bits per heavy atom. The van der Waals surface area contributed by atoms with Gasteiger partial charge in [0, 0.05) is 29.5 Å². The van der Waals surface area contributed by atoms with Crippen molar-refractivity contribution in [2.24, 2.45) is 0 Å². The van der Waals surface area contributed by atoms with Crippen molar-refractivity contribution in [3.8, 4) is 5.75 Å². The average molecular weight is 338 g/mol. The van der Waals surface area contributed by atoms with Crippen LogP contribution < -0.4 is 10.1 Å². The molecule has 7 heteroatoms. The number of benzene rings is 1. The summed E-state index contributed by atoms with van der Waals surface area (Å²) in [6.45, 7) is 0.239. The minimum atomic E-state index is -0.461. The third-order valence-electron chi connectivity index (χ3n) is 2.56. The van der Waals surface area contributed by atoms with E-state index in [0.717, 1.165) is 11.4 Å². The maximum Gasteiger partial charge on any atom is 0.274 e. The predicted octanol–water partition coefficient (Wildman–Crippen LogP) is 3.37. The number of nitro groups is 1. The highest BCUT2D eigenvalue weighted by Crippen LogP contribution is 2.26. The van der Waals surface area contributed by atoms with E-state index in [-0.39, 0.29) is 12.3 Å². The van der Waals surface area contributed by atoms with Crippen molar-refractivity contribution in [2.45, 2.75) is 6.61 Å². The molecule has 0 saturated heterocycles. The van der Waals surface area contributed by atoms with Gasteiger partial charge in [0.2, 0.25) is 0 Å². The molecule has 0 fully saturated rings. The maximum atomic E-state index is 10.8. The normalized spacial score (nSPS) is 10.1. The molecular weight excluding hydrogens is 326 g/mol. The zero-order valence-electron chi connectivity index (χ0n) is 10.7. The molecule has 20 heavy (non-hydrogen) atoms. The summed E-state index contributed by atoms with van der Waals surface area (Å²) in [6.07, 6.45) is 1.67. The quantitative estimate of drug-likeness (QED) is 0.668. The van der Waals surface area contributed by atoms with E-state index in [1.165, 1.54) is 12.1 Å². The first-order valence-electron chi connectivity index (χ1n) is 5.79. The molecule has 0 radical (unpaired) electrons. The van der Waals surface area contributed by atoms with Gasteiger partial charge < -0.3 is 10.1 Å². The van der Waals surface area contributed by atoms with E-state index < -0.39 is 4.92 Å². The zero-order chi connectivity index (χ0) is 14.5. The van der Waals surface area contributed by atoms with Gasteiger partial charge in [-0.05, 0) is 18.2 Å². The first-order chi connectivity index (χ1) is 9.58. The molecule has 1 aromatic heterocycles. The van der Waals surface area contributed by atoms with Gasteiger partial charge in [-0.15, -0.1) is 0 Å². The number of anilines is 1. The monoisotopic (exact) mass is 337 g/mol. The molecule has 0 aliphatic heterocycles. The Bertz CT molecular complexity index is 634. The molecule has 0 aliphatic rings. The summed E-state index contributed by atoms with van der Waals surface area (Å²) in [7, 11) is 1.82. The lowest BCUT2D eigenvalue weighted by Crippen LogP contribution is -2.00. The topological polar surface area (TPSA) is 77.3 Å². The van der Waals surface area contributed by atoms with Crippen molar-refractivity contribution in [3.63, 3.8) is 0 Å². The molecule has 1 aromatic carbocycles. The Balaban J connectivity index is 2.12. The van der Waals surface area contributed by atoms with Crippen LogP contribution in [0.15, 0.2) is 41.0 Å². The fraction of sp³-hybridized carbons (Fsp3) is 0.154. The van der Waals surface area contributed by atoms with Crippen LogP contribution >= 0.6 is 15.9 Å².